The number of halogens is 3. The summed E-state index contributed by atoms with van der Waals surface area (Å²) in [6.45, 7) is 0.517. The number of hydrogen-bond acceptors (Lipinski definition) is 2. The summed E-state index contributed by atoms with van der Waals surface area (Å²) in [6, 6.07) is 7.12. The fraction of sp³-hybridized carbons (Fsp3) is 0.0833. The van der Waals surface area contributed by atoms with Crippen molar-refractivity contribution in [3.05, 3.63) is 54.1 Å². The Morgan fingerprint density at radius 1 is 1.33 bits per heavy atom. The minimum atomic E-state index is -0.131. The Morgan fingerprint density at radius 2 is 2.11 bits per heavy atom. The van der Waals surface area contributed by atoms with Gasteiger partial charge in [0.15, 0.2) is 0 Å². The predicted molar refractivity (Wildman–Crippen MR) is 82.3 cm³/mol. The summed E-state index contributed by atoms with van der Waals surface area (Å²) in [5, 5.41) is 5.37. The third-order valence-corrected chi connectivity index (χ3v) is 5.16. The van der Waals surface area contributed by atoms with Gasteiger partial charge in [0.25, 0.3) is 5.91 Å². The van der Waals surface area contributed by atoms with Crippen LogP contribution in [0.25, 0.3) is 0 Å². The Kier molecular flexibility index (Phi) is 4.84. The normalized spacial score (nSPS) is 10.4. The Labute approximate surface area is 131 Å². The quantitative estimate of drug-likeness (QED) is 0.771. The van der Waals surface area contributed by atoms with Gasteiger partial charge >= 0.3 is 0 Å². The van der Waals surface area contributed by atoms with E-state index in [9.17, 15) is 4.79 Å². The Bertz CT molecular complexity index is 585. The molecule has 1 N–H and O–H groups in total. The molecule has 2 nitrogen and oxygen atoms in total. The molecule has 0 bridgehead atoms. The van der Waals surface area contributed by atoms with Crippen LogP contribution in [-0.4, -0.2) is 5.91 Å². The van der Waals surface area contributed by atoms with Gasteiger partial charge in [-0.1, -0.05) is 11.6 Å². The highest BCUT2D eigenvalue weighted by molar-refractivity contribution is 9.10. The lowest BCUT2D eigenvalue weighted by Crippen LogP contribution is -2.22. The molecule has 0 aliphatic rings. The van der Waals surface area contributed by atoms with Gasteiger partial charge in [0.1, 0.15) is 0 Å². The van der Waals surface area contributed by atoms with Crippen LogP contribution in [0.1, 0.15) is 15.2 Å². The van der Waals surface area contributed by atoms with E-state index in [1.54, 1.807) is 29.5 Å². The van der Waals surface area contributed by atoms with Gasteiger partial charge in [-0.3, -0.25) is 4.79 Å². The number of hydrogen-bond donors (Lipinski definition) is 1. The van der Waals surface area contributed by atoms with Crippen LogP contribution in [0.3, 0.4) is 0 Å². The highest BCUT2D eigenvalue weighted by Crippen LogP contribution is 2.23. The molecule has 0 aliphatic heterocycles. The van der Waals surface area contributed by atoms with Gasteiger partial charge in [-0.05, 0) is 56.1 Å². The van der Waals surface area contributed by atoms with Gasteiger partial charge in [0.05, 0.1) is 11.6 Å². The van der Waals surface area contributed by atoms with E-state index in [2.05, 4.69) is 37.2 Å². The Morgan fingerprint density at radius 3 is 2.72 bits per heavy atom. The summed E-state index contributed by atoms with van der Waals surface area (Å²) in [5.41, 5.74) is 0.554. The van der Waals surface area contributed by atoms with Gasteiger partial charge in [0, 0.05) is 24.8 Å². The number of benzene rings is 1. The number of nitrogens with one attached hydrogen (secondary N) is 1. The molecule has 1 heterocycles. The van der Waals surface area contributed by atoms with Gasteiger partial charge in [0.2, 0.25) is 0 Å². The van der Waals surface area contributed by atoms with Crippen molar-refractivity contribution in [1.82, 2.24) is 5.32 Å². The SMILES string of the molecule is O=C(NCc1cc(Br)cs1)c1ccc(Br)c(Cl)c1. The fourth-order valence-electron chi connectivity index (χ4n) is 1.35. The summed E-state index contributed by atoms with van der Waals surface area (Å²) in [4.78, 5) is 13.0. The highest BCUT2D eigenvalue weighted by Gasteiger charge is 2.08. The van der Waals surface area contributed by atoms with Gasteiger partial charge < -0.3 is 5.32 Å². The molecular weight excluding hydrogens is 401 g/mol. The van der Waals surface area contributed by atoms with Crippen LogP contribution in [-0.2, 0) is 6.54 Å². The Hall–Kier alpha value is -0.360. The molecule has 2 aromatic rings. The van der Waals surface area contributed by atoms with Gasteiger partial charge in [-0.25, -0.2) is 0 Å². The zero-order valence-corrected chi connectivity index (χ0v) is 13.8. The minimum absolute atomic E-state index is 0.131. The number of amides is 1. The molecule has 0 radical (unpaired) electrons. The maximum atomic E-state index is 11.9. The molecule has 0 atom stereocenters. The first kappa shape index (κ1) is 14.1. The van der Waals surface area contributed by atoms with E-state index < -0.39 is 0 Å². The molecule has 18 heavy (non-hydrogen) atoms. The van der Waals surface area contributed by atoms with E-state index in [4.69, 9.17) is 11.6 Å². The van der Waals surface area contributed by atoms with Crippen molar-refractivity contribution in [1.29, 1.82) is 0 Å². The van der Waals surface area contributed by atoms with Crippen molar-refractivity contribution in [2.45, 2.75) is 6.54 Å². The lowest BCUT2D eigenvalue weighted by atomic mass is 10.2. The molecule has 94 valence electrons. The standard InChI is InChI=1S/C12H8Br2ClNOS/c13-8-4-9(18-6-8)5-16-12(17)7-1-2-10(14)11(15)3-7/h1-4,6H,5H2,(H,16,17). The second-order valence-electron chi connectivity index (χ2n) is 3.54. The van der Waals surface area contributed by atoms with E-state index in [0.717, 1.165) is 13.8 Å². The largest absolute Gasteiger partial charge is 0.347 e. The van der Waals surface area contributed by atoms with Crippen molar-refractivity contribution < 1.29 is 4.79 Å². The number of carbonyl (C=O) groups is 1. The van der Waals surface area contributed by atoms with Crippen molar-refractivity contribution in [2.75, 3.05) is 0 Å². The molecule has 0 unspecified atom stereocenters. The predicted octanol–water partition coefficient (Wildman–Crippen LogP) is 4.86. The second kappa shape index (κ2) is 6.19. The monoisotopic (exact) mass is 407 g/mol. The average molecular weight is 410 g/mol. The lowest BCUT2D eigenvalue weighted by molar-refractivity contribution is 0.0951. The van der Waals surface area contributed by atoms with Crippen LogP contribution >= 0.6 is 54.8 Å². The molecule has 1 amide bonds. The van der Waals surface area contributed by atoms with E-state index in [-0.39, 0.29) is 5.91 Å². The van der Waals surface area contributed by atoms with Crippen LogP contribution in [0, 0.1) is 0 Å². The van der Waals surface area contributed by atoms with Crippen LogP contribution in [0.2, 0.25) is 5.02 Å². The van der Waals surface area contributed by atoms with Gasteiger partial charge in [-0.15, -0.1) is 11.3 Å². The topological polar surface area (TPSA) is 29.1 Å². The molecule has 1 aromatic carbocycles. The molecule has 2 rings (SSSR count). The van der Waals surface area contributed by atoms with Crippen molar-refractivity contribution in [3.63, 3.8) is 0 Å². The van der Waals surface area contributed by atoms with E-state index in [0.29, 0.717) is 17.1 Å². The third kappa shape index (κ3) is 3.57. The number of carbonyl (C=O) groups excluding carboxylic acids is 1. The smallest absolute Gasteiger partial charge is 0.251 e. The molecule has 0 fully saturated rings. The lowest BCUT2D eigenvalue weighted by Gasteiger charge is -2.04. The molecular formula is C12H8Br2ClNOS. The minimum Gasteiger partial charge on any atom is -0.347 e. The van der Waals surface area contributed by atoms with Gasteiger partial charge in [-0.2, -0.15) is 0 Å². The first-order valence-electron chi connectivity index (χ1n) is 5.02. The van der Waals surface area contributed by atoms with Crippen LogP contribution in [0.5, 0.6) is 0 Å². The Balaban J connectivity index is 2.01. The summed E-state index contributed by atoms with van der Waals surface area (Å²) < 4.78 is 1.81. The molecule has 0 spiro atoms. The molecule has 0 saturated carbocycles. The molecule has 0 saturated heterocycles. The summed E-state index contributed by atoms with van der Waals surface area (Å²) >= 11 is 14.2. The number of rotatable bonds is 3. The maximum absolute atomic E-state index is 11.9. The number of thiophene rings is 1. The van der Waals surface area contributed by atoms with Crippen molar-refractivity contribution in [3.8, 4) is 0 Å². The van der Waals surface area contributed by atoms with E-state index in [1.165, 1.54) is 0 Å². The molecule has 6 heteroatoms. The molecule has 1 aromatic heterocycles. The summed E-state index contributed by atoms with van der Waals surface area (Å²) in [7, 11) is 0. The average Bonchev–Trinajstić information content (AvgIpc) is 2.75. The van der Waals surface area contributed by atoms with Crippen LogP contribution < -0.4 is 5.32 Å². The van der Waals surface area contributed by atoms with Crippen molar-refractivity contribution >= 4 is 60.7 Å². The third-order valence-electron chi connectivity index (χ3n) is 2.23. The van der Waals surface area contributed by atoms with E-state index >= 15 is 0 Å². The fourth-order valence-corrected chi connectivity index (χ4v) is 3.17. The molecule has 0 aliphatic carbocycles. The summed E-state index contributed by atoms with van der Waals surface area (Å²) in [5.74, 6) is -0.131. The van der Waals surface area contributed by atoms with E-state index in [1.807, 2.05) is 11.4 Å². The first-order valence-corrected chi connectivity index (χ1v) is 7.87. The van der Waals surface area contributed by atoms with Crippen LogP contribution in [0.15, 0.2) is 38.6 Å². The first-order chi connectivity index (χ1) is 8.56. The second-order valence-corrected chi connectivity index (χ2v) is 6.72. The maximum Gasteiger partial charge on any atom is 0.251 e. The summed E-state index contributed by atoms with van der Waals surface area (Å²) in [6.07, 6.45) is 0. The zero-order chi connectivity index (χ0) is 13.1. The van der Waals surface area contributed by atoms with Crippen molar-refractivity contribution in [2.24, 2.45) is 0 Å². The highest BCUT2D eigenvalue weighted by atomic mass is 79.9. The zero-order valence-electron chi connectivity index (χ0n) is 9.04. The van der Waals surface area contributed by atoms with Crippen LogP contribution in [0.4, 0.5) is 0 Å².